The molecule has 0 radical (unpaired) electrons. The number of aryl methyl sites for hydroxylation is 1. The van der Waals surface area contributed by atoms with E-state index in [2.05, 4.69) is 51.7 Å². The van der Waals surface area contributed by atoms with E-state index in [4.69, 9.17) is 0 Å². The minimum absolute atomic E-state index is 0.760. The molecule has 0 saturated carbocycles. The van der Waals surface area contributed by atoms with E-state index in [1.54, 1.807) is 11.3 Å². The smallest absolute Gasteiger partial charge is 0.205 e. The van der Waals surface area contributed by atoms with Crippen molar-refractivity contribution in [3.05, 3.63) is 41.0 Å². The van der Waals surface area contributed by atoms with Gasteiger partial charge in [0.25, 0.3) is 0 Å². The van der Waals surface area contributed by atoms with Crippen LogP contribution in [0.15, 0.2) is 30.5 Å². The number of nitrogens with one attached hydrogen (secondary N) is 2. The molecule has 0 saturated heterocycles. The van der Waals surface area contributed by atoms with Crippen molar-refractivity contribution >= 4 is 27.4 Å². The molecule has 1 aromatic carbocycles. The van der Waals surface area contributed by atoms with Gasteiger partial charge in [-0.2, -0.15) is 0 Å². The quantitative estimate of drug-likeness (QED) is 0.755. The van der Waals surface area contributed by atoms with Gasteiger partial charge in [0, 0.05) is 12.7 Å². The van der Waals surface area contributed by atoms with Crippen molar-refractivity contribution in [1.29, 1.82) is 0 Å². The Morgan fingerprint density at radius 2 is 2.22 bits per heavy atom. The summed E-state index contributed by atoms with van der Waals surface area (Å²) >= 11 is 1.62. The van der Waals surface area contributed by atoms with Crippen LogP contribution in [0.5, 0.6) is 0 Å². The third-order valence-electron chi connectivity index (χ3n) is 2.87. The molecule has 4 nitrogen and oxygen atoms in total. The molecule has 2 aromatic heterocycles. The van der Waals surface area contributed by atoms with Crippen molar-refractivity contribution in [1.82, 2.24) is 15.2 Å². The lowest BCUT2D eigenvalue weighted by atomic mass is 10.1. The molecule has 0 unspecified atom stereocenters. The highest BCUT2D eigenvalue weighted by atomic mass is 32.1. The normalized spacial score (nSPS) is 10.9. The number of nitrogens with zero attached hydrogens (tertiary/aromatic N) is 2. The topological polar surface area (TPSA) is 53.6 Å². The Morgan fingerprint density at radius 3 is 3.06 bits per heavy atom. The minimum atomic E-state index is 0.760. The molecule has 0 atom stereocenters. The van der Waals surface area contributed by atoms with Gasteiger partial charge in [-0.25, -0.2) is 0 Å². The summed E-state index contributed by atoms with van der Waals surface area (Å²) < 4.78 is 0. The molecule has 0 fully saturated rings. The van der Waals surface area contributed by atoms with Crippen LogP contribution in [0.2, 0.25) is 0 Å². The Kier molecular flexibility index (Phi) is 2.98. The van der Waals surface area contributed by atoms with E-state index in [9.17, 15) is 0 Å². The monoisotopic (exact) mass is 258 g/mol. The maximum atomic E-state index is 4.12. The summed E-state index contributed by atoms with van der Waals surface area (Å²) in [6.45, 7) is 2.85. The molecule has 0 aliphatic rings. The Hall–Kier alpha value is -1.88. The van der Waals surface area contributed by atoms with Crippen molar-refractivity contribution in [3.63, 3.8) is 0 Å². The second-order valence-electron chi connectivity index (χ2n) is 4.07. The molecule has 0 aliphatic heterocycles. The van der Waals surface area contributed by atoms with Gasteiger partial charge in [0.1, 0.15) is 5.01 Å². The molecular formula is C13H14N4S. The molecular weight excluding hydrogens is 244 g/mol. The molecule has 0 spiro atoms. The zero-order valence-electron chi connectivity index (χ0n) is 10.1. The van der Waals surface area contributed by atoms with Crippen molar-refractivity contribution in [2.45, 2.75) is 19.9 Å². The van der Waals surface area contributed by atoms with Gasteiger partial charge in [0.05, 0.1) is 5.52 Å². The third-order valence-corrected chi connectivity index (χ3v) is 3.90. The van der Waals surface area contributed by atoms with Crippen molar-refractivity contribution in [2.75, 3.05) is 5.32 Å². The zero-order valence-corrected chi connectivity index (χ0v) is 10.9. The van der Waals surface area contributed by atoms with Gasteiger partial charge in [0.15, 0.2) is 0 Å². The molecule has 18 heavy (non-hydrogen) atoms. The summed E-state index contributed by atoms with van der Waals surface area (Å²) in [5.41, 5.74) is 2.43. The van der Waals surface area contributed by atoms with E-state index < -0.39 is 0 Å². The number of aromatic amines is 1. The first-order valence-corrected chi connectivity index (χ1v) is 6.79. The largest absolute Gasteiger partial charge is 0.361 e. The van der Waals surface area contributed by atoms with Gasteiger partial charge in [-0.15, -0.1) is 10.2 Å². The fourth-order valence-corrected chi connectivity index (χ4v) is 2.61. The first-order chi connectivity index (χ1) is 8.86. The van der Waals surface area contributed by atoms with Crippen LogP contribution in [0, 0.1) is 0 Å². The Labute approximate surface area is 109 Å². The first kappa shape index (κ1) is 11.2. The van der Waals surface area contributed by atoms with E-state index in [-0.39, 0.29) is 0 Å². The first-order valence-electron chi connectivity index (χ1n) is 5.98. The number of anilines is 1. The molecule has 0 aliphatic carbocycles. The van der Waals surface area contributed by atoms with Gasteiger partial charge in [-0.1, -0.05) is 36.5 Å². The Morgan fingerprint density at radius 1 is 1.28 bits per heavy atom. The molecule has 3 rings (SSSR count). The van der Waals surface area contributed by atoms with Crippen LogP contribution in [0.4, 0.5) is 5.13 Å². The van der Waals surface area contributed by atoms with Gasteiger partial charge >= 0.3 is 0 Å². The number of para-hydroxylation sites is 1. The average Bonchev–Trinajstić information content (AvgIpc) is 3.05. The van der Waals surface area contributed by atoms with Crippen LogP contribution >= 0.6 is 11.3 Å². The second-order valence-corrected chi connectivity index (χ2v) is 5.13. The SMILES string of the molecule is CCc1nnc(NCc2cccc3cc[nH]c23)s1. The van der Waals surface area contributed by atoms with Crippen molar-refractivity contribution < 1.29 is 0 Å². The lowest BCUT2D eigenvalue weighted by Gasteiger charge is -2.03. The molecule has 0 bridgehead atoms. The van der Waals surface area contributed by atoms with Gasteiger partial charge in [-0.3, -0.25) is 0 Å². The summed E-state index contributed by atoms with van der Waals surface area (Å²) in [7, 11) is 0. The summed E-state index contributed by atoms with van der Waals surface area (Å²) in [5.74, 6) is 0. The maximum absolute atomic E-state index is 4.12. The average molecular weight is 258 g/mol. The van der Waals surface area contributed by atoms with Crippen molar-refractivity contribution in [3.8, 4) is 0 Å². The van der Waals surface area contributed by atoms with E-state index in [0.717, 1.165) is 23.1 Å². The highest BCUT2D eigenvalue weighted by molar-refractivity contribution is 7.15. The number of hydrogen-bond acceptors (Lipinski definition) is 4. The van der Waals surface area contributed by atoms with Crippen LogP contribution in [0.25, 0.3) is 10.9 Å². The summed E-state index contributed by atoms with van der Waals surface area (Å²) in [6.07, 6.45) is 2.90. The van der Waals surface area contributed by atoms with E-state index in [1.165, 1.54) is 16.5 Å². The number of aromatic nitrogens is 3. The van der Waals surface area contributed by atoms with E-state index in [0.29, 0.717) is 0 Å². The predicted molar refractivity (Wildman–Crippen MR) is 74.9 cm³/mol. The lowest BCUT2D eigenvalue weighted by molar-refractivity contribution is 0.976. The van der Waals surface area contributed by atoms with Crippen LogP contribution in [0.3, 0.4) is 0 Å². The molecule has 3 aromatic rings. The van der Waals surface area contributed by atoms with Crippen LogP contribution < -0.4 is 5.32 Å². The Bertz CT molecular complexity index is 656. The van der Waals surface area contributed by atoms with Gasteiger partial charge < -0.3 is 10.3 Å². The standard InChI is InChI=1S/C13H14N4S/c1-2-11-16-17-13(18-11)15-8-10-5-3-4-9-6-7-14-12(9)10/h3-7,14H,2,8H2,1H3,(H,15,17). The maximum Gasteiger partial charge on any atom is 0.205 e. The van der Waals surface area contributed by atoms with Gasteiger partial charge in [-0.05, 0) is 23.4 Å². The molecule has 5 heteroatoms. The number of hydrogen-bond donors (Lipinski definition) is 2. The highest BCUT2D eigenvalue weighted by Crippen LogP contribution is 2.20. The Balaban J connectivity index is 1.78. The fraction of sp³-hybridized carbons (Fsp3) is 0.231. The number of benzene rings is 1. The summed E-state index contributed by atoms with van der Waals surface area (Å²) in [6, 6.07) is 8.38. The number of rotatable bonds is 4. The summed E-state index contributed by atoms with van der Waals surface area (Å²) in [5, 5.41) is 14.7. The van der Waals surface area contributed by atoms with Gasteiger partial charge in [0.2, 0.25) is 5.13 Å². The van der Waals surface area contributed by atoms with Crippen LogP contribution in [-0.4, -0.2) is 15.2 Å². The predicted octanol–water partition coefficient (Wildman–Crippen LogP) is 3.19. The van der Waals surface area contributed by atoms with E-state index in [1.807, 2.05) is 6.20 Å². The van der Waals surface area contributed by atoms with Crippen LogP contribution in [0.1, 0.15) is 17.5 Å². The van der Waals surface area contributed by atoms with Crippen LogP contribution in [-0.2, 0) is 13.0 Å². The zero-order chi connectivity index (χ0) is 12.4. The lowest BCUT2D eigenvalue weighted by Crippen LogP contribution is -1.99. The number of fused-ring (bicyclic) bond motifs is 1. The molecule has 92 valence electrons. The fourth-order valence-electron chi connectivity index (χ4n) is 1.94. The highest BCUT2D eigenvalue weighted by Gasteiger charge is 2.04. The second kappa shape index (κ2) is 4.78. The molecule has 0 amide bonds. The molecule has 2 N–H and O–H groups in total. The molecule has 2 heterocycles. The van der Waals surface area contributed by atoms with Crippen molar-refractivity contribution in [2.24, 2.45) is 0 Å². The number of H-pyrrole nitrogens is 1. The third kappa shape index (κ3) is 2.09. The summed E-state index contributed by atoms with van der Waals surface area (Å²) in [4.78, 5) is 3.27. The minimum Gasteiger partial charge on any atom is -0.361 e. The van der Waals surface area contributed by atoms with E-state index >= 15 is 0 Å².